The van der Waals surface area contributed by atoms with Crippen molar-refractivity contribution in [1.82, 2.24) is 5.43 Å². The molecule has 2 aromatic carbocycles. The Labute approximate surface area is 133 Å². The van der Waals surface area contributed by atoms with Gasteiger partial charge in [-0.25, -0.2) is 0 Å². The van der Waals surface area contributed by atoms with E-state index in [1.807, 2.05) is 30.3 Å². The van der Waals surface area contributed by atoms with E-state index in [1.54, 1.807) is 14.2 Å². The highest BCUT2D eigenvalue weighted by atomic mass is 79.9. The van der Waals surface area contributed by atoms with E-state index in [-0.39, 0.29) is 6.04 Å². The highest BCUT2D eigenvalue weighted by Gasteiger charge is 2.13. The number of hydrogen-bond acceptors (Lipinski definition) is 4. The summed E-state index contributed by atoms with van der Waals surface area (Å²) < 4.78 is 11.7. The maximum Gasteiger partial charge on any atom is 0.161 e. The molecule has 0 aliphatic heterocycles. The molecule has 3 N–H and O–H groups in total. The van der Waals surface area contributed by atoms with Crippen molar-refractivity contribution in [2.45, 2.75) is 12.5 Å². The minimum absolute atomic E-state index is 0.00554. The molecule has 1 atom stereocenters. The Morgan fingerprint density at radius 2 is 1.71 bits per heavy atom. The van der Waals surface area contributed by atoms with E-state index < -0.39 is 0 Å². The van der Waals surface area contributed by atoms with E-state index in [0.717, 1.165) is 16.5 Å². The highest BCUT2D eigenvalue weighted by molar-refractivity contribution is 9.10. The van der Waals surface area contributed by atoms with Crippen LogP contribution in [0.15, 0.2) is 46.9 Å². The largest absolute Gasteiger partial charge is 0.493 e. The van der Waals surface area contributed by atoms with E-state index in [9.17, 15) is 0 Å². The lowest BCUT2D eigenvalue weighted by molar-refractivity contribution is 0.353. The molecule has 0 fully saturated rings. The quantitative estimate of drug-likeness (QED) is 0.620. The normalized spacial score (nSPS) is 12.0. The predicted molar refractivity (Wildman–Crippen MR) is 87.5 cm³/mol. The SMILES string of the molecule is COc1ccc(C(Cc2ccc(Br)cc2)NN)cc1OC. The van der Waals surface area contributed by atoms with Crippen LogP contribution >= 0.6 is 15.9 Å². The molecule has 21 heavy (non-hydrogen) atoms. The van der Waals surface area contributed by atoms with Gasteiger partial charge in [-0.3, -0.25) is 11.3 Å². The molecule has 0 aliphatic rings. The van der Waals surface area contributed by atoms with Crippen LogP contribution in [0, 0.1) is 0 Å². The van der Waals surface area contributed by atoms with Gasteiger partial charge in [0.15, 0.2) is 11.5 Å². The lowest BCUT2D eigenvalue weighted by Crippen LogP contribution is -2.29. The smallest absolute Gasteiger partial charge is 0.161 e. The Morgan fingerprint density at radius 3 is 2.29 bits per heavy atom. The van der Waals surface area contributed by atoms with Gasteiger partial charge in [-0.15, -0.1) is 0 Å². The Hall–Kier alpha value is -1.56. The van der Waals surface area contributed by atoms with Crippen LogP contribution in [-0.2, 0) is 6.42 Å². The van der Waals surface area contributed by atoms with Crippen molar-refractivity contribution in [3.63, 3.8) is 0 Å². The molecule has 2 aromatic rings. The number of hydrogen-bond donors (Lipinski definition) is 2. The summed E-state index contributed by atoms with van der Waals surface area (Å²) in [5, 5.41) is 0. The van der Waals surface area contributed by atoms with Gasteiger partial charge in [0.2, 0.25) is 0 Å². The standard InChI is InChI=1S/C16H19BrN2O2/c1-20-15-8-5-12(10-16(15)21-2)14(19-18)9-11-3-6-13(17)7-4-11/h3-8,10,14,19H,9,18H2,1-2H3. The van der Waals surface area contributed by atoms with Crippen LogP contribution in [-0.4, -0.2) is 14.2 Å². The van der Waals surface area contributed by atoms with Crippen molar-refractivity contribution in [2.24, 2.45) is 5.84 Å². The third-order valence-electron chi connectivity index (χ3n) is 3.36. The van der Waals surface area contributed by atoms with Gasteiger partial charge in [0, 0.05) is 4.47 Å². The van der Waals surface area contributed by atoms with Gasteiger partial charge in [-0.1, -0.05) is 34.1 Å². The zero-order valence-corrected chi connectivity index (χ0v) is 13.7. The first-order chi connectivity index (χ1) is 10.2. The first-order valence-corrected chi connectivity index (χ1v) is 7.39. The summed E-state index contributed by atoms with van der Waals surface area (Å²) in [7, 11) is 3.25. The Balaban J connectivity index is 2.22. The number of hydrazine groups is 1. The van der Waals surface area contributed by atoms with Gasteiger partial charge in [0.1, 0.15) is 0 Å². The summed E-state index contributed by atoms with van der Waals surface area (Å²) in [4.78, 5) is 0. The lowest BCUT2D eigenvalue weighted by atomic mass is 9.99. The maximum absolute atomic E-state index is 5.71. The average molecular weight is 351 g/mol. The Kier molecular flexibility index (Phi) is 5.61. The molecule has 0 aliphatic carbocycles. The van der Waals surface area contributed by atoms with Crippen molar-refractivity contribution in [1.29, 1.82) is 0 Å². The van der Waals surface area contributed by atoms with E-state index in [0.29, 0.717) is 11.5 Å². The Bertz CT molecular complexity index is 587. The van der Waals surface area contributed by atoms with Gasteiger partial charge in [-0.05, 0) is 41.8 Å². The van der Waals surface area contributed by atoms with Crippen LogP contribution in [0.5, 0.6) is 11.5 Å². The summed E-state index contributed by atoms with van der Waals surface area (Å²) in [6.45, 7) is 0. The molecule has 0 saturated heterocycles. The third kappa shape index (κ3) is 3.97. The van der Waals surface area contributed by atoms with Gasteiger partial charge in [0.05, 0.1) is 20.3 Å². The molecule has 0 saturated carbocycles. The van der Waals surface area contributed by atoms with Crippen molar-refractivity contribution in [3.05, 3.63) is 58.1 Å². The number of benzene rings is 2. The fourth-order valence-electron chi connectivity index (χ4n) is 2.20. The first kappa shape index (κ1) is 15.8. The van der Waals surface area contributed by atoms with Gasteiger partial charge in [-0.2, -0.15) is 0 Å². The monoisotopic (exact) mass is 350 g/mol. The van der Waals surface area contributed by atoms with Crippen LogP contribution in [0.3, 0.4) is 0 Å². The summed E-state index contributed by atoms with van der Waals surface area (Å²) in [5.74, 6) is 7.12. The number of halogens is 1. The molecular weight excluding hydrogens is 332 g/mol. The third-order valence-corrected chi connectivity index (χ3v) is 3.89. The molecule has 2 rings (SSSR count). The molecule has 0 heterocycles. The second-order valence-electron chi connectivity index (χ2n) is 4.66. The van der Waals surface area contributed by atoms with Crippen LogP contribution < -0.4 is 20.7 Å². The van der Waals surface area contributed by atoms with Crippen LogP contribution in [0.25, 0.3) is 0 Å². The predicted octanol–water partition coefficient (Wildman–Crippen LogP) is 3.21. The molecule has 112 valence electrons. The van der Waals surface area contributed by atoms with Crippen LogP contribution in [0.1, 0.15) is 17.2 Å². The number of ether oxygens (including phenoxy) is 2. The van der Waals surface area contributed by atoms with Crippen LogP contribution in [0.2, 0.25) is 0 Å². The molecule has 0 aromatic heterocycles. The molecule has 0 spiro atoms. The van der Waals surface area contributed by atoms with Crippen molar-refractivity contribution >= 4 is 15.9 Å². The van der Waals surface area contributed by atoms with Gasteiger partial charge >= 0.3 is 0 Å². The fourth-order valence-corrected chi connectivity index (χ4v) is 2.46. The molecule has 0 amide bonds. The maximum atomic E-state index is 5.71. The van der Waals surface area contributed by atoms with Crippen molar-refractivity contribution < 1.29 is 9.47 Å². The summed E-state index contributed by atoms with van der Waals surface area (Å²) >= 11 is 3.44. The fraction of sp³-hybridized carbons (Fsp3) is 0.250. The number of rotatable bonds is 6. The molecule has 0 radical (unpaired) electrons. The molecular formula is C16H19BrN2O2. The van der Waals surface area contributed by atoms with E-state index in [2.05, 4.69) is 33.5 Å². The zero-order valence-electron chi connectivity index (χ0n) is 12.1. The van der Waals surface area contributed by atoms with Crippen molar-refractivity contribution in [3.8, 4) is 11.5 Å². The lowest BCUT2D eigenvalue weighted by Gasteiger charge is -2.18. The number of methoxy groups -OCH3 is 2. The molecule has 5 heteroatoms. The highest BCUT2D eigenvalue weighted by Crippen LogP contribution is 2.30. The van der Waals surface area contributed by atoms with Crippen molar-refractivity contribution in [2.75, 3.05) is 14.2 Å². The summed E-state index contributed by atoms with van der Waals surface area (Å²) in [6.07, 6.45) is 0.791. The number of nitrogens with two attached hydrogens (primary N) is 1. The average Bonchev–Trinajstić information content (AvgIpc) is 2.53. The summed E-state index contributed by atoms with van der Waals surface area (Å²) in [5.41, 5.74) is 5.12. The minimum atomic E-state index is 0.00554. The second kappa shape index (κ2) is 7.45. The first-order valence-electron chi connectivity index (χ1n) is 6.60. The Morgan fingerprint density at radius 1 is 1.05 bits per heavy atom. The summed E-state index contributed by atoms with van der Waals surface area (Å²) in [6, 6.07) is 14.0. The van der Waals surface area contributed by atoms with Crippen LogP contribution in [0.4, 0.5) is 0 Å². The topological polar surface area (TPSA) is 56.5 Å². The van der Waals surface area contributed by atoms with Gasteiger partial charge < -0.3 is 9.47 Å². The zero-order chi connectivity index (χ0) is 15.2. The van der Waals surface area contributed by atoms with Gasteiger partial charge in [0.25, 0.3) is 0 Å². The second-order valence-corrected chi connectivity index (χ2v) is 5.58. The number of nitrogens with one attached hydrogen (secondary N) is 1. The molecule has 4 nitrogen and oxygen atoms in total. The van der Waals surface area contributed by atoms with E-state index in [1.165, 1.54) is 5.56 Å². The van der Waals surface area contributed by atoms with E-state index >= 15 is 0 Å². The van der Waals surface area contributed by atoms with E-state index in [4.69, 9.17) is 15.3 Å². The molecule has 1 unspecified atom stereocenters. The molecule has 0 bridgehead atoms. The minimum Gasteiger partial charge on any atom is -0.493 e.